The molecular weight excluding hydrogens is 483 g/mol. The van der Waals surface area contributed by atoms with Crippen LogP contribution < -0.4 is 5.32 Å². The van der Waals surface area contributed by atoms with E-state index in [1.807, 2.05) is 0 Å². The lowest BCUT2D eigenvalue weighted by Crippen LogP contribution is -2.35. The Labute approximate surface area is 203 Å². The van der Waals surface area contributed by atoms with Gasteiger partial charge in [-0.05, 0) is 63.6 Å². The zero-order valence-corrected chi connectivity index (χ0v) is 19.8. The van der Waals surface area contributed by atoms with E-state index >= 15 is 0 Å². The quantitative estimate of drug-likeness (QED) is 0.418. The lowest BCUT2D eigenvalue weighted by Gasteiger charge is -2.35. The van der Waals surface area contributed by atoms with Crippen molar-refractivity contribution in [3.63, 3.8) is 0 Å². The van der Waals surface area contributed by atoms with E-state index in [4.69, 9.17) is 0 Å². The molecule has 8 nitrogen and oxygen atoms in total. The van der Waals surface area contributed by atoms with Crippen LogP contribution >= 0.6 is 11.3 Å². The number of anilines is 2. The van der Waals surface area contributed by atoms with Crippen LogP contribution in [0.3, 0.4) is 0 Å². The molecule has 1 atom stereocenters. The molecule has 1 fully saturated rings. The van der Waals surface area contributed by atoms with Gasteiger partial charge in [-0.3, -0.25) is 9.78 Å². The van der Waals surface area contributed by atoms with Crippen LogP contribution in [0.1, 0.15) is 49.0 Å². The topological polar surface area (TPSA) is 121 Å². The third-order valence-electron chi connectivity index (χ3n) is 6.22. The molecule has 0 saturated heterocycles. The summed E-state index contributed by atoms with van der Waals surface area (Å²) in [6.07, 6.45) is 0.264. The molecular formula is C23H24F3N5O3S. The Bertz CT molecular complexity index is 1220. The smallest absolute Gasteiger partial charge is 0.433 e. The molecule has 3 heterocycles. The van der Waals surface area contributed by atoms with E-state index in [0.717, 1.165) is 12.3 Å². The van der Waals surface area contributed by atoms with Gasteiger partial charge in [0.15, 0.2) is 0 Å². The third kappa shape index (κ3) is 5.59. The number of aliphatic hydroxyl groups is 1. The zero-order chi connectivity index (χ0) is 25.4. The Balaban J connectivity index is 1.54. The highest BCUT2D eigenvalue weighted by atomic mass is 32.1. The number of rotatable bonds is 6. The van der Waals surface area contributed by atoms with Crippen molar-refractivity contribution in [1.29, 1.82) is 0 Å². The van der Waals surface area contributed by atoms with Crippen LogP contribution in [0.25, 0.3) is 10.6 Å². The first-order valence-electron chi connectivity index (χ1n) is 11.0. The summed E-state index contributed by atoms with van der Waals surface area (Å²) in [6, 6.07) is 4.11. The molecule has 186 valence electrons. The molecule has 0 unspecified atom stereocenters. The zero-order valence-electron chi connectivity index (χ0n) is 19.0. The monoisotopic (exact) mass is 507 g/mol. The summed E-state index contributed by atoms with van der Waals surface area (Å²) in [5.41, 5.74) is -0.657. The SMILES string of the molecule is Cc1cc(Nc2nccc(C(F)(F)F)n2)cc(-c2cnc([C@](C)(O)C3CCC(C(=O)O)CC3)s2)n1. The molecule has 3 aromatic heterocycles. The second-order valence-corrected chi connectivity index (χ2v) is 9.87. The predicted octanol–water partition coefficient (Wildman–Crippen LogP) is 5.16. The van der Waals surface area contributed by atoms with Crippen molar-refractivity contribution in [2.45, 2.75) is 51.3 Å². The van der Waals surface area contributed by atoms with E-state index in [1.165, 1.54) is 11.3 Å². The molecule has 12 heteroatoms. The molecule has 0 radical (unpaired) electrons. The molecule has 1 aliphatic rings. The molecule has 3 aromatic rings. The van der Waals surface area contributed by atoms with Gasteiger partial charge in [0.2, 0.25) is 5.95 Å². The van der Waals surface area contributed by atoms with Crippen molar-refractivity contribution in [3.8, 4) is 10.6 Å². The summed E-state index contributed by atoms with van der Waals surface area (Å²) in [7, 11) is 0. The Kier molecular flexibility index (Phi) is 6.78. The van der Waals surface area contributed by atoms with Crippen molar-refractivity contribution < 1.29 is 28.2 Å². The van der Waals surface area contributed by atoms with Gasteiger partial charge in [0, 0.05) is 23.8 Å². The van der Waals surface area contributed by atoms with Crippen molar-refractivity contribution in [1.82, 2.24) is 19.9 Å². The minimum atomic E-state index is -4.58. The number of thiazole rings is 1. The van der Waals surface area contributed by atoms with E-state index < -0.39 is 23.4 Å². The highest BCUT2D eigenvalue weighted by molar-refractivity contribution is 7.15. The predicted molar refractivity (Wildman–Crippen MR) is 123 cm³/mol. The standard InChI is InChI=1S/C23H24F3N5O3S/c1-12-9-15(30-21-27-8-7-18(31-21)23(24,25)26)10-16(29-12)17-11-28-20(35-17)22(2,34)14-5-3-13(4-6-14)19(32)33/h7-11,13-14,34H,3-6H2,1-2H3,(H,32,33)(H,27,29,30,31)/t13?,14?,22-/m1/s1. The second-order valence-electron chi connectivity index (χ2n) is 8.83. The normalized spacial score (nSPS) is 20.3. The number of alkyl halides is 3. The molecule has 1 aliphatic carbocycles. The summed E-state index contributed by atoms with van der Waals surface area (Å²) in [4.78, 5) is 28.2. The van der Waals surface area contributed by atoms with E-state index in [0.29, 0.717) is 52.6 Å². The lowest BCUT2D eigenvalue weighted by atomic mass is 9.74. The average molecular weight is 508 g/mol. The largest absolute Gasteiger partial charge is 0.481 e. The number of carbonyl (C=O) groups is 1. The molecule has 0 aliphatic heterocycles. The van der Waals surface area contributed by atoms with Crippen molar-refractivity contribution in [3.05, 3.63) is 47.0 Å². The Morgan fingerprint density at radius 3 is 2.51 bits per heavy atom. The number of hydrogen-bond donors (Lipinski definition) is 3. The number of nitrogens with zero attached hydrogens (tertiary/aromatic N) is 4. The summed E-state index contributed by atoms with van der Waals surface area (Å²) < 4.78 is 38.9. The van der Waals surface area contributed by atoms with Gasteiger partial charge in [0.05, 0.1) is 16.5 Å². The van der Waals surface area contributed by atoms with Gasteiger partial charge >= 0.3 is 12.1 Å². The molecule has 0 amide bonds. The van der Waals surface area contributed by atoms with Crippen molar-refractivity contribution >= 4 is 28.9 Å². The number of nitrogens with one attached hydrogen (secondary N) is 1. The molecule has 0 spiro atoms. The maximum Gasteiger partial charge on any atom is 0.433 e. The summed E-state index contributed by atoms with van der Waals surface area (Å²) in [6.45, 7) is 3.45. The maximum atomic E-state index is 13.0. The van der Waals surface area contributed by atoms with Gasteiger partial charge in [0.25, 0.3) is 0 Å². The molecule has 1 saturated carbocycles. The number of aromatic nitrogens is 4. The third-order valence-corrected chi connectivity index (χ3v) is 7.46. The fourth-order valence-corrected chi connectivity index (χ4v) is 5.28. The van der Waals surface area contributed by atoms with Crippen molar-refractivity contribution in [2.24, 2.45) is 11.8 Å². The van der Waals surface area contributed by atoms with E-state index in [1.54, 1.807) is 32.2 Å². The van der Waals surface area contributed by atoms with Gasteiger partial charge in [-0.2, -0.15) is 13.2 Å². The summed E-state index contributed by atoms with van der Waals surface area (Å²) in [5.74, 6) is -1.48. The summed E-state index contributed by atoms with van der Waals surface area (Å²) >= 11 is 1.28. The number of aryl methyl sites for hydroxylation is 1. The Morgan fingerprint density at radius 1 is 1.14 bits per heavy atom. The van der Waals surface area contributed by atoms with Crippen molar-refractivity contribution in [2.75, 3.05) is 5.32 Å². The van der Waals surface area contributed by atoms with Gasteiger partial charge in [-0.1, -0.05) is 0 Å². The van der Waals surface area contributed by atoms with Gasteiger partial charge < -0.3 is 15.5 Å². The van der Waals surface area contributed by atoms with Crippen LogP contribution in [0.2, 0.25) is 0 Å². The van der Waals surface area contributed by atoms with Crippen LogP contribution in [-0.2, 0) is 16.6 Å². The van der Waals surface area contributed by atoms with E-state index in [-0.39, 0.29) is 17.8 Å². The first-order chi connectivity index (χ1) is 16.4. The highest BCUT2D eigenvalue weighted by Gasteiger charge is 2.40. The number of hydrogen-bond acceptors (Lipinski definition) is 8. The number of halogens is 3. The van der Waals surface area contributed by atoms with Crippen LogP contribution in [-0.4, -0.2) is 36.1 Å². The fraction of sp³-hybridized carbons (Fsp3) is 0.435. The number of aliphatic carboxylic acids is 1. The number of carboxylic acids is 1. The minimum absolute atomic E-state index is 0.113. The molecule has 35 heavy (non-hydrogen) atoms. The first-order valence-corrected chi connectivity index (χ1v) is 11.8. The van der Waals surface area contributed by atoms with Crippen LogP contribution in [0, 0.1) is 18.8 Å². The molecule has 4 rings (SSSR count). The number of pyridine rings is 1. The molecule has 0 bridgehead atoms. The fourth-order valence-electron chi connectivity index (χ4n) is 4.28. The first kappa shape index (κ1) is 25.0. The second kappa shape index (κ2) is 9.50. The van der Waals surface area contributed by atoms with Gasteiger partial charge in [-0.15, -0.1) is 11.3 Å². The maximum absolute atomic E-state index is 13.0. The highest BCUT2D eigenvalue weighted by Crippen LogP contribution is 2.43. The lowest BCUT2D eigenvalue weighted by molar-refractivity contribution is -0.144. The van der Waals surface area contributed by atoms with Crippen LogP contribution in [0.5, 0.6) is 0 Å². The van der Waals surface area contributed by atoms with Gasteiger partial charge in [0.1, 0.15) is 16.3 Å². The van der Waals surface area contributed by atoms with E-state index in [2.05, 4.69) is 25.3 Å². The average Bonchev–Trinajstić information content (AvgIpc) is 3.30. The van der Waals surface area contributed by atoms with Gasteiger partial charge in [-0.25, -0.2) is 15.0 Å². The molecule has 0 aromatic carbocycles. The Morgan fingerprint density at radius 2 is 1.86 bits per heavy atom. The van der Waals surface area contributed by atoms with Crippen LogP contribution in [0.15, 0.2) is 30.6 Å². The Hall–Kier alpha value is -3.12. The minimum Gasteiger partial charge on any atom is -0.481 e. The molecule has 3 N–H and O–H groups in total. The summed E-state index contributed by atoms with van der Waals surface area (Å²) in [5, 5.41) is 23.8. The number of carboxylic acid groups (broad SMARTS) is 1. The van der Waals surface area contributed by atoms with E-state index in [9.17, 15) is 28.2 Å². The van der Waals surface area contributed by atoms with Crippen LogP contribution in [0.4, 0.5) is 24.8 Å².